The van der Waals surface area contributed by atoms with Crippen molar-refractivity contribution < 1.29 is 23.0 Å². The molecule has 2 aromatic rings. The number of aliphatic hydroxyl groups excluding tert-OH is 1. The molecule has 2 aromatic carbocycles. The van der Waals surface area contributed by atoms with Crippen molar-refractivity contribution in [1.29, 1.82) is 0 Å². The van der Waals surface area contributed by atoms with Gasteiger partial charge in [-0.15, -0.1) is 0 Å². The van der Waals surface area contributed by atoms with Crippen LogP contribution in [0.3, 0.4) is 0 Å². The molecule has 1 atom stereocenters. The van der Waals surface area contributed by atoms with Crippen molar-refractivity contribution in [1.82, 2.24) is 0 Å². The van der Waals surface area contributed by atoms with Crippen LogP contribution < -0.4 is 9.64 Å². The van der Waals surface area contributed by atoms with E-state index in [1.807, 2.05) is 12.1 Å². The van der Waals surface area contributed by atoms with Crippen molar-refractivity contribution in [3.63, 3.8) is 0 Å². The van der Waals surface area contributed by atoms with E-state index in [0.29, 0.717) is 12.2 Å². The van der Waals surface area contributed by atoms with E-state index >= 15 is 0 Å². The van der Waals surface area contributed by atoms with Gasteiger partial charge in [-0.25, -0.2) is 0 Å². The Bertz CT molecular complexity index is 787. The summed E-state index contributed by atoms with van der Waals surface area (Å²) >= 11 is 0. The minimum Gasteiger partial charge on any atom is -0.513 e. The molecule has 1 saturated heterocycles. The van der Waals surface area contributed by atoms with Crippen LogP contribution >= 0.6 is 0 Å². The number of halogens is 3. The minimum atomic E-state index is -4.40. The second-order valence-corrected chi connectivity index (χ2v) is 6.70. The van der Waals surface area contributed by atoms with Crippen molar-refractivity contribution in [3.05, 3.63) is 72.0 Å². The van der Waals surface area contributed by atoms with Crippen LogP contribution in [0.1, 0.15) is 30.4 Å². The molecule has 3 rings (SSSR count). The quantitative estimate of drug-likeness (QED) is 0.654. The smallest absolute Gasteiger partial charge is 0.416 e. The molecule has 1 fully saturated rings. The average molecular weight is 377 g/mol. The minimum absolute atomic E-state index is 0.107. The van der Waals surface area contributed by atoms with Gasteiger partial charge in [-0.05, 0) is 43.2 Å². The highest BCUT2D eigenvalue weighted by Crippen LogP contribution is 2.33. The second kappa shape index (κ2) is 7.94. The third-order valence-electron chi connectivity index (χ3n) is 4.73. The SMILES string of the molecule is C=C(O)CC1CCCN1c1ccc(OCc2ccccc2C(F)(F)F)cc1. The number of anilines is 1. The van der Waals surface area contributed by atoms with Crippen molar-refractivity contribution >= 4 is 5.69 Å². The Morgan fingerprint density at radius 3 is 2.52 bits per heavy atom. The molecule has 27 heavy (non-hydrogen) atoms. The van der Waals surface area contributed by atoms with E-state index in [4.69, 9.17) is 4.74 Å². The lowest BCUT2D eigenvalue weighted by atomic mass is 10.1. The summed E-state index contributed by atoms with van der Waals surface area (Å²) in [7, 11) is 0. The van der Waals surface area contributed by atoms with Gasteiger partial charge in [0.2, 0.25) is 0 Å². The number of nitrogens with zero attached hydrogens (tertiary/aromatic N) is 1. The van der Waals surface area contributed by atoms with E-state index in [0.717, 1.165) is 31.1 Å². The molecule has 0 amide bonds. The first-order valence-corrected chi connectivity index (χ1v) is 8.86. The summed E-state index contributed by atoms with van der Waals surface area (Å²) in [6, 6.07) is 12.9. The van der Waals surface area contributed by atoms with Crippen molar-refractivity contribution in [2.75, 3.05) is 11.4 Å². The molecule has 6 heteroatoms. The monoisotopic (exact) mass is 377 g/mol. The maximum absolute atomic E-state index is 13.0. The highest BCUT2D eigenvalue weighted by Gasteiger charge is 2.33. The fourth-order valence-corrected chi connectivity index (χ4v) is 3.48. The molecule has 0 radical (unpaired) electrons. The first kappa shape index (κ1) is 19.1. The lowest BCUT2D eigenvalue weighted by Crippen LogP contribution is -2.29. The Balaban J connectivity index is 1.66. The van der Waals surface area contributed by atoms with Gasteiger partial charge >= 0.3 is 6.18 Å². The zero-order valence-corrected chi connectivity index (χ0v) is 14.9. The van der Waals surface area contributed by atoms with Crippen LogP contribution in [0.5, 0.6) is 5.75 Å². The number of hydrogen-bond donors (Lipinski definition) is 1. The highest BCUT2D eigenvalue weighted by molar-refractivity contribution is 5.51. The molecule has 0 saturated carbocycles. The van der Waals surface area contributed by atoms with Gasteiger partial charge in [-0.3, -0.25) is 0 Å². The summed E-state index contributed by atoms with van der Waals surface area (Å²) in [5.41, 5.74) is 0.433. The molecule has 0 spiro atoms. The predicted octanol–water partition coefficient (Wildman–Crippen LogP) is 5.72. The molecule has 3 nitrogen and oxygen atoms in total. The summed E-state index contributed by atoms with van der Waals surface area (Å²) in [6.07, 6.45) is -1.83. The van der Waals surface area contributed by atoms with Gasteiger partial charge < -0.3 is 14.7 Å². The van der Waals surface area contributed by atoms with Crippen LogP contribution in [0.25, 0.3) is 0 Å². The number of hydrogen-bond acceptors (Lipinski definition) is 3. The third-order valence-corrected chi connectivity index (χ3v) is 4.73. The Kier molecular flexibility index (Phi) is 5.63. The molecule has 1 N–H and O–H groups in total. The van der Waals surface area contributed by atoms with Gasteiger partial charge in [0.05, 0.1) is 11.3 Å². The Hall–Kier alpha value is -2.63. The van der Waals surface area contributed by atoms with Crippen LogP contribution in [0.4, 0.5) is 18.9 Å². The van der Waals surface area contributed by atoms with Crippen LogP contribution in [0, 0.1) is 0 Å². The summed E-state index contributed by atoms with van der Waals surface area (Å²) in [5.74, 6) is 0.688. The topological polar surface area (TPSA) is 32.7 Å². The van der Waals surface area contributed by atoms with E-state index in [-0.39, 0.29) is 24.0 Å². The molecule has 144 valence electrons. The summed E-state index contributed by atoms with van der Waals surface area (Å²) in [4.78, 5) is 2.21. The number of rotatable bonds is 6. The highest BCUT2D eigenvalue weighted by atomic mass is 19.4. The van der Waals surface area contributed by atoms with E-state index < -0.39 is 11.7 Å². The van der Waals surface area contributed by atoms with E-state index in [1.54, 1.807) is 18.2 Å². The number of alkyl halides is 3. The lowest BCUT2D eigenvalue weighted by molar-refractivity contribution is -0.138. The van der Waals surface area contributed by atoms with Gasteiger partial charge in [0.25, 0.3) is 0 Å². The zero-order chi connectivity index (χ0) is 19.4. The van der Waals surface area contributed by atoms with Crippen molar-refractivity contribution in [3.8, 4) is 5.75 Å². The Labute approximate surface area is 156 Å². The lowest BCUT2D eigenvalue weighted by Gasteiger charge is -2.26. The maximum Gasteiger partial charge on any atom is 0.416 e. The second-order valence-electron chi connectivity index (χ2n) is 6.70. The van der Waals surface area contributed by atoms with E-state index in [2.05, 4.69) is 11.5 Å². The zero-order valence-electron chi connectivity index (χ0n) is 14.9. The first-order valence-electron chi connectivity index (χ1n) is 8.86. The molecule has 0 bridgehead atoms. The summed E-state index contributed by atoms with van der Waals surface area (Å²) in [6.45, 7) is 4.32. The Morgan fingerprint density at radius 1 is 1.15 bits per heavy atom. The standard InChI is InChI=1S/C21H22F3NO2/c1-15(26)13-18-6-4-12-25(18)17-8-10-19(11-9-17)27-14-16-5-2-3-7-20(16)21(22,23)24/h2-3,5,7-11,18,26H,1,4,6,12-14H2. The summed E-state index contributed by atoms with van der Waals surface area (Å²) in [5, 5.41) is 9.46. The van der Waals surface area contributed by atoms with Gasteiger partial charge in [0.1, 0.15) is 12.4 Å². The predicted molar refractivity (Wildman–Crippen MR) is 99.0 cm³/mol. The number of ether oxygens (including phenoxy) is 1. The number of benzene rings is 2. The Morgan fingerprint density at radius 2 is 1.85 bits per heavy atom. The molecule has 1 aliphatic heterocycles. The largest absolute Gasteiger partial charge is 0.513 e. The van der Waals surface area contributed by atoms with Crippen LogP contribution in [0.15, 0.2) is 60.9 Å². The molecule has 0 aliphatic carbocycles. The molecule has 1 unspecified atom stereocenters. The van der Waals surface area contributed by atoms with E-state index in [1.165, 1.54) is 12.1 Å². The fraction of sp³-hybridized carbons (Fsp3) is 0.333. The number of aliphatic hydroxyl groups is 1. The van der Waals surface area contributed by atoms with Crippen LogP contribution in [-0.4, -0.2) is 17.7 Å². The normalized spacial score (nSPS) is 17.1. The maximum atomic E-state index is 13.0. The van der Waals surface area contributed by atoms with Crippen molar-refractivity contribution in [2.24, 2.45) is 0 Å². The van der Waals surface area contributed by atoms with E-state index in [9.17, 15) is 18.3 Å². The molecule has 1 heterocycles. The van der Waals surface area contributed by atoms with Gasteiger partial charge in [-0.1, -0.05) is 24.8 Å². The molecular formula is C21H22F3NO2. The fourth-order valence-electron chi connectivity index (χ4n) is 3.48. The van der Waals surface area contributed by atoms with Crippen LogP contribution in [-0.2, 0) is 12.8 Å². The summed E-state index contributed by atoms with van der Waals surface area (Å²) < 4.78 is 44.7. The molecule has 0 aromatic heterocycles. The molecule has 1 aliphatic rings. The van der Waals surface area contributed by atoms with Gasteiger partial charge in [0.15, 0.2) is 0 Å². The first-order chi connectivity index (χ1) is 12.8. The average Bonchev–Trinajstić information content (AvgIpc) is 3.07. The van der Waals surface area contributed by atoms with Gasteiger partial charge in [-0.2, -0.15) is 13.2 Å². The third kappa shape index (κ3) is 4.76. The van der Waals surface area contributed by atoms with Gasteiger partial charge in [0, 0.05) is 30.3 Å². The van der Waals surface area contributed by atoms with Crippen molar-refractivity contribution in [2.45, 2.75) is 38.1 Å². The molecular weight excluding hydrogens is 355 g/mol. The van der Waals surface area contributed by atoms with Crippen LogP contribution in [0.2, 0.25) is 0 Å².